The SMILES string of the molecule is Cc1nnc(CNCC2CCCC2)s1. The number of aryl methyl sites for hydroxylation is 1. The predicted molar refractivity (Wildman–Crippen MR) is 58.3 cm³/mol. The molecule has 78 valence electrons. The first-order chi connectivity index (χ1) is 6.84. The maximum absolute atomic E-state index is 4.09. The first-order valence-electron chi connectivity index (χ1n) is 5.34. The number of nitrogens with zero attached hydrogens (tertiary/aromatic N) is 2. The average molecular weight is 211 g/mol. The van der Waals surface area contributed by atoms with Gasteiger partial charge >= 0.3 is 0 Å². The standard InChI is InChI=1S/C10H17N3S/c1-8-12-13-10(14-8)7-11-6-9-4-2-3-5-9/h9,11H,2-7H2,1H3. The minimum atomic E-state index is 0.891. The minimum Gasteiger partial charge on any atom is -0.310 e. The Kier molecular flexibility index (Phi) is 3.48. The second-order valence-electron chi connectivity index (χ2n) is 4.00. The highest BCUT2D eigenvalue weighted by Crippen LogP contribution is 2.23. The lowest BCUT2D eigenvalue weighted by atomic mass is 10.1. The van der Waals surface area contributed by atoms with Gasteiger partial charge in [-0.1, -0.05) is 12.8 Å². The molecule has 0 radical (unpaired) electrons. The molecule has 4 heteroatoms. The maximum atomic E-state index is 4.09. The van der Waals surface area contributed by atoms with Crippen LogP contribution in [0.25, 0.3) is 0 Å². The van der Waals surface area contributed by atoms with Crippen molar-refractivity contribution < 1.29 is 0 Å². The van der Waals surface area contributed by atoms with Crippen molar-refractivity contribution in [2.75, 3.05) is 6.54 Å². The zero-order chi connectivity index (χ0) is 9.80. The van der Waals surface area contributed by atoms with Crippen LogP contribution in [0.4, 0.5) is 0 Å². The van der Waals surface area contributed by atoms with Crippen LogP contribution in [0.5, 0.6) is 0 Å². The van der Waals surface area contributed by atoms with E-state index in [9.17, 15) is 0 Å². The van der Waals surface area contributed by atoms with Gasteiger partial charge in [0, 0.05) is 6.54 Å². The number of nitrogens with one attached hydrogen (secondary N) is 1. The number of aromatic nitrogens is 2. The number of hydrogen-bond acceptors (Lipinski definition) is 4. The van der Waals surface area contributed by atoms with Gasteiger partial charge < -0.3 is 5.32 Å². The second kappa shape index (κ2) is 4.84. The summed E-state index contributed by atoms with van der Waals surface area (Å²) in [4.78, 5) is 0. The zero-order valence-corrected chi connectivity index (χ0v) is 9.44. The smallest absolute Gasteiger partial charge is 0.131 e. The van der Waals surface area contributed by atoms with Crippen LogP contribution in [-0.2, 0) is 6.54 Å². The van der Waals surface area contributed by atoms with E-state index in [1.807, 2.05) is 6.92 Å². The van der Waals surface area contributed by atoms with E-state index >= 15 is 0 Å². The summed E-state index contributed by atoms with van der Waals surface area (Å²) in [6, 6.07) is 0. The topological polar surface area (TPSA) is 37.8 Å². The first-order valence-corrected chi connectivity index (χ1v) is 6.16. The van der Waals surface area contributed by atoms with Gasteiger partial charge in [-0.05, 0) is 32.2 Å². The largest absolute Gasteiger partial charge is 0.310 e. The van der Waals surface area contributed by atoms with E-state index in [-0.39, 0.29) is 0 Å². The predicted octanol–water partition coefficient (Wildman–Crippen LogP) is 2.13. The van der Waals surface area contributed by atoms with E-state index in [4.69, 9.17) is 0 Å². The van der Waals surface area contributed by atoms with Crippen molar-refractivity contribution in [1.82, 2.24) is 15.5 Å². The van der Waals surface area contributed by atoms with Crippen LogP contribution in [0.2, 0.25) is 0 Å². The quantitative estimate of drug-likeness (QED) is 0.829. The highest BCUT2D eigenvalue weighted by molar-refractivity contribution is 7.11. The van der Waals surface area contributed by atoms with E-state index in [1.54, 1.807) is 11.3 Å². The molecule has 3 nitrogen and oxygen atoms in total. The molecule has 14 heavy (non-hydrogen) atoms. The lowest BCUT2D eigenvalue weighted by Gasteiger charge is -2.08. The third-order valence-corrected chi connectivity index (χ3v) is 3.59. The summed E-state index contributed by atoms with van der Waals surface area (Å²) >= 11 is 1.69. The number of hydrogen-bond donors (Lipinski definition) is 1. The van der Waals surface area contributed by atoms with Gasteiger partial charge in [0.2, 0.25) is 0 Å². The molecule has 0 saturated heterocycles. The molecule has 1 aromatic rings. The zero-order valence-electron chi connectivity index (χ0n) is 8.62. The third kappa shape index (κ3) is 2.75. The van der Waals surface area contributed by atoms with Gasteiger partial charge in [-0.15, -0.1) is 21.5 Å². The fraction of sp³-hybridized carbons (Fsp3) is 0.800. The molecule has 0 atom stereocenters. The van der Waals surface area contributed by atoms with E-state index in [0.29, 0.717) is 0 Å². The molecular formula is C10H17N3S. The molecule has 0 aromatic carbocycles. The molecule has 1 aliphatic rings. The summed E-state index contributed by atoms with van der Waals surface area (Å²) in [5.74, 6) is 0.906. The van der Waals surface area contributed by atoms with Gasteiger partial charge in [0.1, 0.15) is 10.0 Å². The summed E-state index contributed by atoms with van der Waals surface area (Å²) in [6.45, 7) is 4.04. The Hall–Kier alpha value is -0.480. The fourth-order valence-corrected chi connectivity index (χ4v) is 2.69. The van der Waals surface area contributed by atoms with Gasteiger partial charge in [0.25, 0.3) is 0 Å². The highest BCUT2D eigenvalue weighted by atomic mass is 32.1. The van der Waals surface area contributed by atoms with Crippen LogP contribution in [0, 0.1) is 12.8 Å². The summed E-state index contributed by atoms with van der Waals surface area (Å²) in [5, 5.41) is 13.7. The van der Waals surface area contributed by atoms with Gasteiger partial charge in [0.05, 0.1) is 0 Å². The summed E-state index contributed by atoms with van der Waals surface area (Å²) < 4.78 is 0. The summed E-state index contributed by atoms with van der Waals surface area (Å²) in [7, 11) is 0. The Morgan fingerprint density at radius 1 is 1.36 bits per heavy atom. The molecule has 0 unspecified atom stereocenters. The van der Waals surface area contributed by atoms with Gasteiger partial charge in [-0.3, -0.25) is 0 Å². The van der Waals surface area contributed by atoms with E-state index in [2.05, 4.69) is 15.5 Å². The third-order valence-electron chi connectivity index (χ3n) is 2.75. The average Bonchev–Trinajstić information content (AvgIpc) is 2.77. The molecule has 1 fully saturated rings. The van der Waals surface area contributed by atoms with Crippen molar-refractivity contribution >= 4 is 11.3 Å². The van der Waals surface area contributed by atoms with Crippen molar-refractivity contribution in [1.29, 1.82) is 0 Å². The molecule has 1 aliphatic carbocycles. The van der Waals surface area contributed by atoms with Crippen LogP contribution < -0.4 is 5.32 Å². The van der Waals surface area contributed by atoms with E-state index in [0.717, 1.165) is 29.0 Å². The van der Waals surface area contributed by atoms with Crippen molar-refractivity contribution in [3.05, 3.63) is 10.0 Å². The van der Waals surface area contributed by atoms with Crippen LogP contribution in [0.3, 0.4) is 0 Å². The minimum absolute atomic E-state index is 0.891. The second-order valence-corrected chi connectivity index (χ2v) is 5.26. The van der Waals surface area contributed by atoms with E-state index in [1.165, 1.54) is 25.7 Å². The van der Waals surface area contributed by atoms with Crippen molar-refractivity contribution in [2.24, 2.45) is 5.92 Å². The lowest BCUT2D eigenvalue weighted by molar-refractivity contribution is 0.488. The molecule has 1 heterocycles. The molecule has 0 amide bonds. The van der Waals surface area contributed by atoms with Gasteiger partial charge in [-0.2, -0.15) is 0 Å². The molecule has 2 rings (SSSR count). The maximum Gasteiger partial charge on any atom is 0.131 e. The monoisotopic (exact) mass is 211 g/mol. The van der Waals surface area contributed by atoms with Crippen molar-refractivity contribution in [2.45, 2.75) is 39.2 Å². The van der Waals surface area contributed by atoms with E-state index < -0.39 is 0 Å². The normalized spacial score (nSPS) is 17.8. The van der Waals surface area contributed by atoms with Gasteiger partial charge in [-0.25, -0.2) is 0 Å². The van der Waals surface area contributed by atoms with Crippen LogP contribution in [0.15, 0.2) is 0 Å². The Morgan fingerprint density at radius 3 is 2.79 bits per heavy atom. The number of rotatable bonds is 4. The van der Waals surface area contributed by atoms with Crippen LogP contribution in [-0.4, -0.2) is 16.7 Å². The van der Waals surface area contributed by atoms with Gasteiger partial charge in [0.15, 0.2) is 0 Å². The lowest BCUT2D eigenvalue weighted by Crippen LogP contribution is -2.20. The Balaban J connectivity index is 1.67. The summed E-state index contributed by atoms with van der Waals surface area (Å²) in [6.07, 6.45) is 5.65. The molecule has 1 aromatic heterocycles. The van der Waals surface area contributed by atoms with Crippen LogP contribution >= 0.6 is 11.3 Å². The Labute approximate surface area is 88.9 Å². The Bertz CT molecular complexity index is 279. The molecule has 0 spiro atoms. The molecular weight excluding hydrogens is 194 g/mol. The summed E-state index contributed by atoms with van der Waals surface area (Å²) in [5.41, 5.74) is 0. The molecule has 1 N–H and O–H groups in total. The highest BCUT2D eigenvalue weighted by Gasteiger charge is 2.14. The van der Waals surface area contributed by atoms with Crippen molar-refractivity contribution in [3.8, 4) is 0 Å². The van der Waals surface area contributed by atoms with Crippen molar-refractivity contribution in [3.63, 3.8) is 0 Å². The molecule has 1 saturated carbocycles. The fourth-order valence-electron chi connectivity index (χ4n) is 2.01. The molecule has 0 bridgehead atoms. The first kappa shape index (κ1) is 10.1. The Morgan fingerprint density at radius 2 is 2.14 bits per heavy atom. The molecule has 0 aliphatic heterocycles. The van der Waals surface area contributed by atoms with Crippen LogP contribution in [0.1, 0.15) is 35.7 Å².